The lowest BCUT2D eigenvalue weighted by Gasteiger charge is -2.40. The molecule has 0 aromatic heterocycles. The van der Waals surface area contributed by atoms with Crippen molar-refractivity contribution < 1.29 is 4.74 Å². The maximum atomic E-state index is 5.94. The lowest BCUT2D eigenvalue weighted by molar-refractivity contribution is 0.400. The van der Waals surface area contributed by atoms with Crippen LogP contribution in [0.2, 0.25) is 18.1 Å². The van der Waals surface area contributed by atoms with Gasteiger partial charge in [0.2, 0.25) is 0 Å². The standard InChI is InChI=1S/C20H30OSi/c1-15-13-16(19(2,3)4)18(21-6)17(14-15)22(7,8)20(5)11-9-10-12-20/h9-14H,1-8H3. The number of allylic oxidation sites excluding steroid dienone is 4. The highest BCUT2D eigenvalue weighted by Gasteiger charge is 2.44. The van der Waals surface area contributed by atoms with E-state index in [0.29, 0.717) is 0 Å². The highest BCUT2D eigenvalue weighted by molar-refractivity contribution is 6.93. The Kier molecular flexibility index (Phi) is 4.20. The highest BCUT2D eigenvalue weighted by Crippen LogP contribution is 2.45. The summed E-state index contributed by atoms with van der Waals surface area (Å²) in [6.07, 6.45) is 9.08. The van der Waals surface area contributed by atoms with Crippen molar-refractivity contribution in [3.63, 3.8) is 0 Å². The molecule has 2 rings (SSSR count). The second-order valence-corrected chi connectivity index (χ2v) is 13.1. The van der Waals surface area contributed by atoms with Crippen molar-refractivity contribution in [1.29, 1.82) is 0 Å². The summed E-state index contributed by atoms with van der Waals surface area (Å²) in [4.78, 5) is 0. The minimum atomic E-state index is -1.78. The summed E-state index contributed by atoms with van der Waals surface area (Å²) < 4.78 is 5.94. The Labute approximate surface area is 137 Å². The van der Waals surface area contributed by atoms with Crippen molar-refractivity contribution in [3.05, 3.63) is 47.6 Å². The lowest BCUT2D eigenvalue weighted by Crippen LogP contribution is -2.51. The molecule has 0 bridgehead atoms. The van der Waals surface area contributed by atoms with E-state index in [4.69, 9.17) is 4.74 Å². The smallest absolute Gasteiger partial charge is 0.121 e. The summed E-state index contributed by atoms with van der Waals surface area (Å²) in [6, 6.07) is 4.64. The molecule has 1 nitrogen and oxygen atoms in total. The number of benzene rings is 1. The van der Waals surface area contributed by atoms with Crippen molar-refractivity contribution in [2.45, 2.75) is 58.2 Å². The molecular formula is C20H30OSi. The fraction of sp³-hybridized carbons (Fsp3) is 0.500. The molecule has 0 saturated heterocycles. The van der Waals surface area contributed by atoms with Gasteiger partial charge in [0, 0.05) is 5.04 Å². The lowest BCUT2D eigenvalue weighted by atomic mass is 9.85. The van der Waals surface area contributed by atoms with Crippen molar-refractivity contribution >= 4 is 13.3 Å². The average Bonchev–Trinajstić information content (AvgIpc) is 2.85. The number of hydrogen-bond donors (Lipinski definition) is 0. The zero-order valence-corrected chi connectivity index (χ0v) is 16.4. The molecule has 1 aromatic rings. The van der Waals surface area contributed by atoms with Crippen molar-refractivity contribution in [1.82, 2.24) is 0 Å². The molecule has 0 amide bonds. The van der Waals surface area contributed by atoms with Gasteiger partial charge in [-0.05, 0) is 23.1 Å². The first-order valence-electron chi connectivity index (χ1n) is 8.09. The van der Waals surface area contributed by atoms with Gasteiger partial charge in [-0.2, -0.15) is 0 Å². The van der Waals surface area contributed by atoms with Crippen LogP contribution in [0.3, 0.4) is 0 Å². The van der Waals surface area contributed by atoms with E-state index < -0.39 is 8.07 Å². The minimum Gasteiger partial charge on any atom is -0.497 e. The van der Waals surface area contributed by atoms with Gasteiger partial charge in [0.25, 0.3) is 0 Å². The van der Waals surface area contributed by atoms with E-state index in [0.717, 1.165) is 5.75 Å². The molecular weight excluding hydrogens is 284 g/mol. The van der Waals surface area contributed by atoms with Gasteiger partial charge < -0.3 is 4.74 Å². The molecule has 22 heavy (non-hydrogen) atoms. The molecule has 0 atom stereocenters. The van der Waals surface area contributed by atoms with Crippen LogP contribution in [0.25, 0.3) is 0 Å². The monoisotopic (exact) mass is 314 g/mol. The van der Waals surface area contributed by atoms with E-state index in [1.165, 1.54) is 16.3 Å². The summed E-state index contributed by atoms with van der Waals surface area (Å²) in [5.74, 6) is 1.10. The van der Waals surface area contributed by atoms with Gasteiger partial charge >= 0.3 is 0 Å². The number of methoxy groups -OCH3 is 1. The van der Waals surface area contributed by atoms with Gasteiger partial charge in [0.1, 0.15) is 5.75 Å². The third kappa shape index (κ3) is 2.69. The van der Waals surface area contributed by atoms with Gasteiger partial charge in [-0.3, -0.25) is 0 Å². The Morgan fingerprint density at radius 1 is 1.05 bits per heavy atom. The average molecular weight is 315 g/mol. The quantitative estimate of drug-likeness (QED) is 0.705. The maximum absolute atomic E-state index is 5.94. The van der Waals surface area contributed by atoms with Gasteiger partial charge in [-0.1, -0.05) is 82.8 Å². The highest BCUT2D eigenvalue weighted by atomic mass is 28.3. The van der Waals surface area contributed by atoms with Gasteiger partial charge in [-0.15, -0.1) is 0 Å². The Morgan fingerprint density at radius 2 is 1.59 bits per heavy atom. The van der Waals surface area contributed by atoms with E-state index in [-0.39, 0.29) is 10.5 Å². The molecule has 0 unspecified atom stereocenters. The minimum absolute atomic E-state index is 0.0822. The van der Waals surface area contributed by atoms with Crippen LogP contribution in [-0.2, 0) is 5.41 Å². The molecule has 1 aliphatic rings. The Morgan fingerprint density at radius 3 is 2.05 bits per heavy atom. The predicted molar refractivity (Wildman–Crippen MR) is 100 cm³/mol. The second kappa shape index (κ2) is 5.41. The molecule has 1 aliphatic carbocycles. The van der Waals surface area contributed by atoms with Crippen molar-refractivity contribution in [2.75, 3.05) is 7.11 Å². The Bertz CT molecular complexity index is 618. The molecule has 2 heteroatoms. The summed E-state index contributed by atoms with van der Waals surface area (Å²) >= 11 is 0. The largest absolute Gasteiger partial charge is 0.497 e. The number of ether oxygens (including phenoxy) is 1. The molecule has 0 heterocycles. The fourth-order valence-electron chi connectivity index (χ4n) is 3.29. The zero-order valence-electron chi connectivity index (χ0n) is 15.4. The molecule has 0 radical (unpaired) electrons. The van der Waals surface area contributed by atoms with Crippen LogP contribution in [0, 0.1) is 6.92 Å². The van der Waals surface area contributed by atoms with Crippen LogP contribution in [0.5, 0.6) is 5.75 Å². The second-order valence-electron chi connectivity index (χ2n) is 8.27. The van der Waals surface area contributed by atoms with Crippen molar-refractivity contribution in [2.24, 2.45) is 0 Å². The molecule has 0 fully saturated rings. The van der Waals surface area contributed by atoms with E-state index in [9.17, 15) is 0 Å². The summed E-state index contributed by atoms with van der Waals surface area (Å²) in [5.41, 5.74) is 2.73. The fourth-order valence-corrected chi connectivity index (χ4v) is 6.29. The van der Waals surface area contributed by atoms with Crippen LogP contribution in [-0.4, -0.2) is 15.2 Å². The van der Waals surface area contributed by atoms with E-state index in [2.05, 4.69) is 84.1 Å². The third-order valence-corrected chi connectivity index (χ3v) is 10.0. The Balaban J connectivity index is 2.72. The number of rotatable bonds is 3. The molecule has 0 spiro atoms. The topological polar surface area (TPSA) is 9.23 Å². The first kappa shape index (κ1) is 17.1. The first-order chi connectivity index (χ1) is 10.0. The number of hydrogen-bond acceptors (Lipinski definition) is 1. The van der Waals surface area contributed by atoms with Crippen molar-refractivity contribution in [3.8, 4) is 5.75 Å². The van der Waals surface area contributed by atoms with Crippen LogP contribution in [0.4, 0.5) is 0 Å². The summed E-state index contributed by atoms with van der Waals surface area (Å²) in [5, 5.41) is 1.57. The molecule has 0 N–H and O–H groups in total. The summed E-state index contributed by atoms with van der Waals surface area (Å²) in [6.45, 7) is 16.3. The summed E-state index contributed by atoms with van der Waals surface area (Å²) in [7, 11) is 0.0397. The molecule has 120 valence electrons. The number of aryl methyl sites for hydroxylation is 1. The molecule has 0 saturated carbocycles. The molecule has 0 aliphatic heterocycles. The Hall–Kier alpha value is -1.28. The van der Waals surface area contributed by atoms with E-state index in [1.807, 2.05) is 7.11 Å². The van der Waals surface area contributed by atoms with Crippen LogP contribution in [0.1, 0.15) is 38.8 Å². The van der Waals surface area contributed by atoms with Gasteiger partial charge in [0.15, 0.2) is 0 Å². The first-order valence-corrected chi connectivity index (χ1v) is 11.1. The SMILES string of the molecule is COc1c(C(C)(C)C)cc(C)cc1[Si](C)(C)C1(C)C=CC=C1. The zero-order chi connectivity index (χ0) is 16.8. The molecule has 1 aromatic carbocycles. The van der Waals surface area contributed by atoms with Gasteiger partial charge in [-0.25, -0.2) is 0 Å². The third-order valence-electron chi connectivity index (χ3n) is 5.26. The normalized spacial score (nSPS) is 17.1. The maximum Gasteiger partial charge on any atom is 0.121 e. The van der Waals surface area contributed by atoms with Crippen LogP contribution in [0.15, 0.2) is 36.4 Å². The predicted octanol–water partition coefficient (Wildman–Crippen LogP) is 5.10. The van der Waals surface area contributed by atoms with Gasteiger partial charge in [0.05, 0.1) is 15.2 Å². The van der Waals surface area contributed by atoms with Crippen LogP contribution >= 0.6 is 0 Å². The van der Waals surface area contributed by atoms with E-state index in [1.54, 1.807) is 0 Å². The van der Waals surface area contributed by atoms with E-state index >= 15 is 0 Å². The van der Waals surface area contributed by atoms with Crippen LogP contribution < -0.4 is 9.92 Å².